The summed E-state index contributed by atoms with van der Waals surface area (Å²) in [6.45, 7) is 9.00. The first-order valence-corrected chi connectivity index (χ1v) is 41.6. The molecule has 588 valence electrons. The smallest absolute Gasteiger partial charge is 0.118 e. The summed E-state index contributed by atoms with van der Waals surface area (Å²) < 4.78 is 12.0. The van der Waals surface area contributed by atoms with E-state index in [1.54, 1.807) is 14.2 Å². The molecule has 4 N–H and O–H groups in total. The van der Waals surface area contributed by atoms with Gasteiger partial charge in [0.05, 0.1) is 36.3 Å². The number of rotatable bonds is 20. The zero-order valence-corrected chi connectivity index (χ0v) is 69.0. The standard InChI is InChI=1S/C114H90N6O2/c1-75-69-97(77(3)67-87(75)53-47-79-49-59-93(60-50-79)119(89-39-23-11-24-40-89)90-41-25-12-26-42-90)109-103-71-99(81-31-15-7-16-32-81)111(115-103)107(85-55-63-95(121-5)64-56-85)113-101(83-35-19-9-20-36-83)73-105(117-113)110(98-70-76(2)88(68-78(98)4)54-48-80-51-61-94(62-52-80)120(91-43-27-13-28-44-91)92-45-29-14-30-46-92)106-74-102(84-37-21-10-22-38-84)114(118-106)108(86-57-65-96(122-6)66-58-86)112-100(72-104(109)116-112)82-33-17-8-18-34-82/h7-74,115-118H,1-6H3/b53-47+,54-48+,109-103?,109-104?,110-105?,110-106?,111-107?,112-108?,113-107?,114-108?. The molecule has 0 amide bonds. The predicted molar refractivity (Wildman–Crippen MR) is 508 cm³/mol. The van der Waals surface area contributed by atoms with Crippen LogP contribution in [0.15, 0.2) is 388 Å². The van der Waals surface area contributed by atoms with Crippen molar-refractivity contribution in [3.05, 3.63) is 499 Å². The lowest BCUT2D eigenvalue weighted by Gasteiger charge is -2.25. The minimum atomic E-state index is 0.756. The number of anilines is 6. The Labute approximate surface area is 712 Å². The summed E-state index contributed by atoms with van der Waals surface area (Å²) in [4.78, 5) is 22.0. The predicted octanol–water partition coefficient (Wildman–Crippen LogP) is 25.5. The number of aryl methyl sites for hydroxylation is 4. The highest BCUT2D eigenvalue weighted by Crippen LogP contribution is 2.43. The normalized spacial score (nSPS) is 12.0. The summed E-state index contributed by atoms with van der Waals surface area (Å²) in [6.07, 6.45) is 8.99. The molecule has 0 saturated carbocycles. The van der Waals surface area contributed by atoms with E-state index in [4.69, 9.17) is 9.47 Å². The third-order valence-electron chi connectivity index (χ3n) is 23.5. The third-order valence-corrected chi connectivity index (χ3v) is 23.5. The van der Waals surface area contributed by atoms with Crippen LogP contribution in [0.2, 0.25) is 0 Å². The van der Waals surface area contributed by atoms with Crippen molar-refractivity contribution in [2.45, 2.75) is 27.7 Å². The van der Waals surface area contributed by atoms with Crippen molar-refractivity contribution in [2.24, 2.45) is 0 Å². The van der Waals surface area contributed by atoms with Gasteiger partial charge in [-0.2, -0.15) is 0 Å². The first kappa shape index (κ1) is 76.3. The van der Waals surface area contributed by atoms with Gasteiger partial charge in [0.15, 0.2) is 0 Å². The molecule has 8 nitrogen and oxygen atoms in total. The molecular formula is C114H90N6O2. The second kappa shape index (κ2) is 33.8. The highest BCUT2D eigenvalue weighted by Gasteiger charge is 2.29. The monoisotopic (exact) mass is 1570 g/mol. The van der Waals surface area contributed by atoms with Crippen molar-refractivity contribution >= 4 is 80.7 Å². The fourth-order valence-electron chi connectivity index (χ4n) is 17.4. The van der Waals surface area contributed by atoms with Gasteiger partial charge in [-0.25, -0.2) is 0 Å². The third kappa shape index (κ3) is 15.3. The SMILES string of the molecule is COc1ccc(C2=c3[nH]c(cc3-c3ccccc3)=C(c3cc(C)c(/C=C/c4ccc(N(c5ccccc5)c5ccccc5)cc4)cc3C)c3cc(-c4ccccc4)c([nH]3)C(c3ccc(OC)cc3)=c3[nH]c(cc3-c3ccccc3)=C(c3cc(C)c(/C=C/c4ccc(N(c5ccccc5)c5ccccc5)cc4)cc3C)c3cc(-c4ccccc4)c2[nH]3)cc1. The Balaban J connectivity index is 0.877. The van der Waals surface area contributed by atoms with Crippen molar-refractivity contribution in [1.82, 2.24) is 19.9 Å². The number of nitrogens with zero attached hydrogens (tertiary/aromatic N) is 2. The molecule has 122 heavy (non-hydrogen) atoms. The van der Waals surface area contributed by atoms with Gasteiger partial charge in [-0.1, -0.05) is 291 Å². The molecule has 1 aliphatic heterocycles. The Hall–Kier alpha value is -15.6. The van der Waals surface area contributed by atoms with Crippen molar-refractivity contribution in [3.8, 4) is 56.0 Å². The van der Waals surface area contributed by atoms with Crippen LogP contribution < -0.4 is 40.7 Å². The second-order valence-electron chi connectivity index (χ2n) is 31.2. The average molecular weight is 1580 g/mol. The van der Waals surface area contributed by atoms with Crippen LogP contribution in [0.5, 0.6) is 11.5 Å². The summed E-state index contributed by atoms with van der Waals surface area (Å²) in [5.74, 6) is 1.51. The zero-order valence-electron chi connectivity index (χ0n) is 69.0. The van der Waals surface area contributed by atoms with Crippen LogP contribution in [0.4, 0.5) is 34.1 Å². The highest BCUT2D eigenvalue weighted by molar-refractivity contribution is 5.97. The number of para-hydroxylation sites is 4. The molecule has 18 aromatic rings. The number of H-pyrrole nitrogens is 4. The topological polar surface area (TPSA) is 88.1 Å². The number of ether oxygens (including phenoxy) is 2. The lowest BCUT2D eigenvalue weighted by atomic mass is 9.91. The van der Waals surface area contributed by atoms with Crippen LogP contribution in [0.25, 0.3) is 91.1 Å². The maximum atomic E-state index is 6.00. The van der Waals surface area contributed by atoms with E-state index in [1.165, 1.54) is 0 Å². The first-order valence-electron chi connectivity index (χ1n) is 41.6. The van der Waals surface area contributed by atoms with Crippen LogP contribution in [-0.4, -0.2) is 34.2 Å². The van der Waals surface area contributed by atoms with E-state index >= 15 is 0 Å². The molecule has 5 heterocycles. The Morgan fingerprint density at radius 1 is 0.230 bits per heavy atom. The van der Waals surface area contributed by atoms with Gasteiger partial charge in [0.1, 0.15) is 11.5 Å². The van der Waals surface area contributed by atoms with E-state index in [9.17, 15) is 0 Å². The average Bonchev–Trinajstić information content (AvgIpc) is 1.58. The molecule has 8 bridgehead atoms. The van der Waals surface area contributed by atoms with Crippen molar-refractivity contribution < 1.29 is 9.47 Å². The summed E-state index contributed by atoms with van der Waals surface area (Å²) in [5.41, 5.74) is 35.5. The van der Waals surface area contributed by atoms with Crippen LogP contribution in [0.3, 0.4) is 0 Å². The number of fused-ring (bicyclic) bond motifs is 8. The van der Waals surface area contributed by atoms with Crippen molar-refractivity contribution in [1.29, 1.82) is 0 Å². The number of hydrogen-bond donors (Lipinski definition) is 4. The Morgan fingerprint density at radius 3 is 0.820 bits per heavy atom. The van der Waals surface area contributed by atoms with Gasteiger partial charge in [0.25, 0.3) is 0 Å². The zero-order chi connectivity index (χ0) is 82.6. The number of methoxy groups -OCH3 is 2. The van der Waals surface area contributed by atoms with Gasteiger partial charge in [0, 0.05) is 101 Å². The molecule has 19 rings (SSSR count). The molecule has 8 heteroatoms. The summed E-state index contributed by atoms with van der Waals surface area (Å²) in [7, 11) is 3.47. The van der Waals surface area contributed by atoms with E-state index in [1.807, 2.05) is 0 Å². The fourth-order valence-corrected chi connectivity index (χ4v) is 17.4. The molecule has 0 fully saturated rings. The van der Waals surface area contributed by atoms with E-state index < -0.39 is 0 Å². The van der Waals surface area contributed by atoms with Crippen LogP contribution in [0.1, 0.15) is 89.5 Å². The minimum absolute atomic E-state index is 0.756. The van der Waals surface area contributed by atoms with Gasteiger partial charge in [0.2, 0.25) is 0 Å². The number of aromatic amines is 4. The number of nitrogens with one attached hydrogen (secondary N) is 4. The molecule has 0 radical (unpaired) electrons. The van der Waals surface area contributed by atoms with E-state index in [0.29, 0.717) is 0 Å². The van der Waals surface area contributed by atoms with Crippen LogP contribution >= 0.6 is 0 Å². The van der Waals surface area contributed by atoms with E-state index in [-0.39, 0.29) is 0 Å². The summed E-state index contributed by atoms with van der Waals surface area (Å²) in [5, 5.41) is 3.70. The lowest BCUT2D eigenvalue weighted by Crippen LogP contribution is -2.20. The molecule has 14 aromatic carbocycles. The lowest BCUT2D eigenvalue weighted by molar-refractivity contribution is 0.414. The highest BCUT2D eigenvalue weighted by atomic mass is 16.5. The van der Waals surface area contributed by atoms with Gasteiger partial charge in [-0.15, -0.1) is 0 Å². The number of hydrogen-bond acceptors (Lipinski definition) is 4. The number of benzene rings is 14. The molecule has 0 atom stereocenters. The summed E-state index contributed by atoms with van der Waals surface area (Å²) >= 11 is 0. The van der Waals surface area contributed by atoms with E-state index in [2.05, 4.69) is 470 Å². The van der Waals surface area contributed by atoms with Crippen LogP contribution in [0, 0.1) is 27.7 Å². The van der Waals surface area contributed by atoms with Gasteiger partial charge < -0.3 is 39.2 Å². The fraction of sp³-hybridized carbons (Fsp3) is 0.0526. The van der Waals surface area contributed by atoms with Gasteiger partial charge in [-0.3, -0.25) is 0 Å². The Morgan fingerprint density at radius 2 is 0.516 bits per heavy atom. The Kier molecular flexibility index (Phi) is 21.1. The maximum Gasteiger partial charge on any atom is 0.118 e. The molecule has 0 spiro atoms. The molecule has 0 saturated heterocycles. The Bertz CT molecular complexity index is 6640. The first-order chi connectivity index (χ1) is 60.0. The van der Waals surface area contributed by atoms with Gasteiger partial charge >= 0.3 is 0 Å². The summed E-state index contributed by atoms with van der Waals surface area (Å²) in [6, 6.07) is 140. The molecule has 0 aliphatic carbocycles. The number of aromatic nitrogens is 4. The maximum absolute atomic E-state index is 6.00. The minimum Gasteiger partial charge on any atom is -0.497 e. The quantitative estimate of drug-likeness (QED) is 0.0573. The second-order valence-corrected chi connectivity index (χ2v) is 31.2. The van der Waals surface area contributed by atoms with Crippen molar-refractivity contribution in [3.63, 3.8) is 0 Å². The molecule has 4 aromatic heterocycles. The molecule has 1 aliphatic rings. The van der Waals surface area contributed by atoms with Crippen molar-refractivity contribution in [2.75, 3.05) is 24.0 Å². The van der Waals surface area contributed by atoms with Gasteiger partial charge in [-0.05, 0) is 238 Å². The van der Waals surface area contributed by atoms with E-state index in [0.717, 1.165) is 223 Å². The van der Waals surface area contributed by atoms with Crippen LogP contribution in [-0.2, 0) is 0 Å². The largest absolute Gasteiger partial charge is 0.497 e. The molecule has 0 unspecified atom stereocenters. The molecular weight excluding hydrogens is 1490 g/mol.